The van der Waals surface area contributed by atoms with Gasteiger partial charge in [0.1, 0.15) is 0 Å². The van der Waals surface area contributed by atoms with Gasteiger partial charge >= 0.3 is 0 Å². The summed E-state index contributed by atoms with van der Waals surface area (Å²) in [4.78, 5) is 31.2. The van der Waals surface area contributed by atoms with Gasteiger partial charge in [-0.25, -0.2) is 0 Å². The van der Waals surface area contributed by atoms with E-state index in [-0.39, 0.29) is 17.7 Å². The molecule has 1 aromatic heterocycles. The van der Waals surface area contributed by atoms with E-state index in [1.165, 1.54) is 16.9 Å². The molecule has 1 saturated heterocycles. The van der Waals surface area contributed by atoms with E-state index >= 15 is 0 Å². The van der Waals surface area contributed by atoms with Crippen molar-refractivity contribution in [3.63, 3.8) is 0 Å². The topological polar surface area (TPSA) is 85.8 Å². The van der Waals surface area contributed by atoms with Crippen LogP contribution in [0.3, 0.4) is 0 Å². The van der Waals surface area contributed by atoms with Gasteiger partial charge in [-0.15, -0.1) is 11.3 Å². The van der Waals surface area contributed by atoms with Crippen LogP contribution in [-0.4, -0.2) is 62.4 Å². The molecule has 1 atom stereocenters. The maximum atomic E-state index is 12.3. The Labute approximate surface area is 187 Å². The minimum absolute atomic E-state index is 0.0276. The van der Waals surface area contributed by atoms with Crippen LogP contribution in [0.5, 0.6) is 0 Å². The average molecular weight is 442 g/mol. The molecule has 3 rings (SSSR count). The van der Waals surface area contributed by atoms with Gasteiger partial charge in [0.25, 0.3) is 5.91 Å². The molecule has 7 nitrogen and oxygen atoms in total. The van der Waals surface area contributed by atoms with Crippen molar-refractivity contribution in [1.29, 1.82) is 0 Å². The quantitative estimate of drug-likeness (QED) is 0.300. The molecule has 0 radical (unpaired) electrons. The first-order valence-corrected chi connectivity index (χ1v) is 11.6. The number of hydrogen-bond donors (Lipinski definition) is 3. The van der Waals surface area contributed by atoms with Crippen molar-refractivity contribution < 1.29 is 9.59 Å². The SMILES string of the molecule is CN=C(NCCCNC(=O)c1cccs1)NCC1CC(=O)N(CCc2ccccc2)C1. The zero-order valence-electron chi connectivity index (χ0n) is 18.0. The molecule has 8 heteroatoms. The van der Waals surface area contributed by atoms with Gasteiger partial charge in [0.15, 0.2) is 5.96 Å². The highest BCUT2D eigenvalue weighted by Crippen LogP contribution is 2.17. The van der Waals surface area contributed by atoms with Gasteiger partial charge in [-0.3, -0.25) is 14.6 Å². The molecular formula is C23H31N5O2S. The van der Waals surface area contributed by atoms with Crippen molar-refractivity contribution >= 4 is 29.1 Å². The molecule has 1 aliphatic rings. The third-order valence-electron chi connectivity index (χ3n) is 5.27. The zero-order valence-corrected chi connectivity index (χ0v) is 18.8. The Hall–Kier alpha value is -2.87. The number of benzene rings is 1. The number of nitrogens with zero attached hydrogens (tertiary/aromatic N) is 2. The summed E-state index contributed by atoms with van der Waals surface area (Å²) in [6.07, 6.45) is 2.26. The Bertz CT molecular complexity index is 854. The van der Waals surface area contributed by atoms with Crippen molar-refractivity contribution in [2.75, 3.05) is 39.8 Å². The van der Waals surface area contributed by atoms with Crippen LogP contribution in [0, 0.1) is 5.92 Å². The zero-order chi connectivity index (χ0) is 21.9. The summed E-state index contributed by atoms with van der Waals surface area (Å²) in [5.74, 6) is 1.21. The number of aliphatic imine (C=N–C) groups is 1. The molecule has 1 aliphatic heterocycles. The molecule has 0 saturated carbocycles. The molecule has 0 aliphatic carbocycles. The summed E-state index contributed by atoms with van der Waals surface area (Å²) >= 11 is 1.44. The van der Waals surface area contributed by atoms with Crippen molar-refractivity contribution in [2.24, 2.45) is 10.9 Å². The number of carbonyl (C=O) groups excluding carboxylic acids is 2. The third kappa shape index (κ3) is 7.40. The number of amides is 2. The molecule has 0 bridgehead atoms. The number of likely N-dealkylation sites (tertiary alicyclic amines) is 1. The Morgan fingerprint density at radius 1 is 1.13 bits per heavy atom. The summed E-state index contributed by atoms with van der Waals surface area (Å²) in [7, 11) is 1.74. The van der Waals surface area contributed by atoms with Crippen LogP contribution in [0.2, 0.25) is 0 Å². The molecule has 166 valence electrons. The van der Waals surface area contributed by atoms with E-state index in [1.54, 1.807) is 7.05 Å². The van der Waals surface area contributed by atoms with Crippen molar-refractivity contribution in [2.45, 2.75) is 19.3 Å². The molecule has 1 fully saturated rings. The second kappa shape index (κ2) is 12.1. The average Bonchev–Trinajstić information content (AvgIpc) is 3.45. The van der Waals surface area contributed by atoms with Gasteiger partial charge < -0.3 is 20.9 Å². The first-order chi connectivity index (χ1) is 15.2. The van der Waals surface area contributed by atoms with E-state index in [1.807, 2.05) is 40.6 Å². The van der Waals surface area contributed by atoms with E-state index in [0.717, 1.165) is 36.8 Å². The minimum atomic E-state index is -0.0276. The second-order valence-corrected chi connectivity index (χ2v) is 8.56. The van der Waals surface area contributed by atoms with Crippen molar-refractivity contribution in [3.8, 4) is 0 Å². The van der Waals surface area contributed by atoms with Crippen molar-refractivity contribution in [3.05, 3.63) is 58.3 Å². The van der Waals surface area contributed by atoms with Crippen LogP contribution in [0.15, 0.2) is 52.8 Å². The molecule has 2 heterocycles. The van der Waals surface area contributed by atoms with E-state index in [4.69, 9.17) is 0 Å². The third-order valence-corrected chi connectivity index (χ3v) is 6.13. The maximum absolute atomic E-state index is 12.3. The summed E-state index contributed by atoms with van der Waals surface area (Å²) in [5.41, 5.74) is 1.26. The van der Waals surface area contributed by atoms with Crippen molar-refractivity contribution in [1.82, 2.24) is 20.9 Å². The molecule has 31 heavy (non-hydrogen) atoms. The van der Waals surface area contributed by atoms with Crippen LogP contribution < -0.4 is 16.0 Å². The number of rotatable bonds is 10. The lowest BCUT2D eigenvalue weighted by Crippen LogP contribution is -2.41. The predicted molar refractivity (Wildman–Crippen MR) is 125 cm³/mol. The lowest BCUT2D eigenvalue weighted by molar-refractivity contribution is -0.127. The minimum Gasteiger partial charge on any atom is -0.356 e. The van der Waals surface area contributed by atoms with Crippen LogP contribution in [0.4, 0.5) is 0 Å². The maximum Gasteiger partial charge on any atom is 0.261 e. The monoisotopic (exact) mass is 441 g/mol. The van der Waals surface area contributed by atoms with Gasteiger partial charge in [-0.2, -0.15) is 0 Å². The van der Waals surface area contributed by atoms with E-state index in [2.05, 4.69) is 33.1 Å². The summed E-state index contributed by atoms with van der Waals surface area (Å²) in [5, 5.41) is 11.4. The summed E-state index contributed by atoms with van der Waals surface area (Å²) < 4.78 is 0. The van der Waals surface area contributed by atoms with E-state index in [9.17, 15) is 9.59 Å². The Balaban J connectivity index is 1.29. The van der Waals surface area contributed by atoms with Gasteiger partial charge in [-0.05, 0) is 29.9 Å². The normalized spacial score (nSPS) is 16.4. The molecule has 2 aromatic rings. The fourth-order valence-corrected chi connectivity index (χ4v) is 4.21. The Kier molecular flexibility index (Phi) is 8.90. The van der Waals surface area contributed by atoms with Crippen LogP contribution in [0.1, 0.15) is 28.1 Å². The molecule has 1 aromatic carbocycles. The molecular weight excluding hydrogens is 410 g/mol. The van der Waals surface area contributed by atoms with Crippen LogP contribution in [0.25, 0.3) is 0 Å². The summed E-state index contributed by atoms with van der Waals surface area (Å²) in [6, 6.07) is 14.0. The molecule has 2 amide bonds. The number of guanidine groups is 1. The van der Waals surface area contributed by atoms with Crippen LogP contribution in [-0.2, 0) is 11.2 Å². The Morgan fingerprint density at radius 3 is 2.68 bits per heavy atom. The van der Waals surface area contributed by atoms with E-state index < -0.39 is 0 Å². The van der Waals surface area contributed by atoms with Gasteiger partial charge in [0, 0.05) is 52.1 Å². The molecule has 1 unspecified atom stereocenters. The fourth-order valence-electron chi connectivity index (χ4n) is 3.57. The highest BCUT2D eigenvalue weighted by atomic mass is 32.1. The lowest BCUT2D eigenvalue weighted by Gasteiger charge is -2.18. The molecule has 3 N–H and O–H groups in total. The highest BCUT2D eigenvalue weighted by Gasteiger charge is 2.29. The number of nitrogens with one attached hydrogen (secondary N) is 3. The van der Waals surface area contributed by atoms with Gasteiger partial charge in [0.2, 0.25) is 5.91 Å². The fraction of sp³-hybridized carbons (Fsp3) is 0.435. The second-order valence-electron chi connectivity index (χ2n) is 7.61. The smallest absolute Gasteiger partial charge is 0.261 e. The number of carbonyl (C=O) groups is 2. The molecule has 0 spiro atoms. The first kappa shape index (κ1) is 22.8. The first-order valence-electron chi connectivity index (χ1n) is 10.7. The largest absolute Gasteiger partial charge is 0.356 e. The van der Waals surface area contributed by atoms with Crippen LogP contribution >= 0.6 is 11.3 Å². The Morgan fingerprint density at radius 2 is 1.94 bits per heavy atom. The highest BCUT2D eigenvalue weighted by molar-refractivity contribution is 7.12. The van der Waals surface area contributed by atoms with Gasteiger partial charge in [-0.1, -0.05) is 36.4 Å². The summed E-state index contributed by atoms with van der Waals surface area (Å²) in [6.45, 7) is 3.57. The van der Waals surface area contributed by atoms with E-state index in [0.29, 0.717) is 26.1 Å². The number of hydrogen-bond acceptors (Lipinski definition) is 4. The predicted octanol–water partition coefficient (Wildman–Crippen LogP) is 2.12. The standard InChI is InChI=1S/C23H31N5O2S/c1-24-23(26-12-6-11-25-22(30)20-9-5-14-31-20)27-16-19-15-21(29)28(17-19)13-10-18-7-3-2-4-8-18/h2-5,7-9,14,19H,6,10-13,15-17H2,1H3,(H,25,30)(H2,24,26,27). The van der Waals surface area contributed by atoms with Gasteiger partial charge in [0.05, 0.1) is 4.88 Å². The lowest BCUT2D eigenvalue weighted by atomic mass is 10.1. The number of thiophene rings is 1.